The zero-order chi connectivity index (χ0) is 24.6. The first-order valence-corrected chi connectivity index (χ1v) is 11.4. The van der Waals surface area contributed by atoms with Crippen molar-refractivity contribution in [3.05, 3.63) is 82.6 Å². The summed E-state index contributed by atoms with van der Waals surface area (Å²) in [7, 11) is 1.68. The number of nitrogens with one attached hydrogen (secondary N) is 2. The van der Waals surface area contributed by atoms with Crippen molar-refractivity contribution in [3.8, 4) is 5.75 Å². The largest absolute Gasteiger partial charge is 0.487 e. The fourth-order valence-corrected chi connectivity index (χ4v) is 3.70. The van der Waals surface area contributed by atoms with E-state index in [4.69, 9.17) is 21.1 Å². The molecule has 1 aliphatic rings. The molecular formula is C26H25ClFN5O2. The highest BCUT2D eigenvalue weighted by molar-refractivity contribution is 6.32. The second-order valence-corrected chi connectivity index (χ2v) is 8.07. The molecule has 0 bridgehead atoms. The lowest BCUT2D eigenvalue weighted by atomic mass is 10.1. The van der Waals surface area contributed by atoms with E-state index < -0.39 is 0 Å². The van der Waals surface area contributed by atoms with Gasteiger partial charge >= 0.3 is 0 Å². The van der Waals surface area contributed by atoms with Crippen molar-refractivity contribution >= 4 is 47.2 Å². The van der Waals surface area contributed by atoms with Gasteiger partial charge < -0.3 is 20.1 Å². The van der Waals surface area contributed by atoms with Crippen molar-refractivity contribution in [2.75, 3.05) is 30.8 Å². The number of amidine groups is 2. The normalized spacial score (nSPS) is 13.5. The van der Waals surface area contributed by atoms with Gasteiger partial charge in [0.1, 0.15) is 24.0 Å². The van der Waals surface area contributed by atoms with Crippen molar-refractivity contribution in [2.45, 2.75) is 13.0 Å². The monoisotopic (exact) mass is 493 g/mol. The highest BCUT2D eigenvalue weighted by atomic mass is 35.5. The summed E-state index contributed by atoms with van der Waals surface area (Å²) in [5.74, 6) is 0.756. The van der Waals surface area contributed by atoms with Crippen LogP contribution in [0.25, 0.3) is 0 Å². The molecule has 1 heterocycles. The van der Waals surface area contributed by atoms with Crippen molar-refractivity contribution in [2.24, 2.45) is 15.0 Å². The zero-order valence-electron chi connectivity index (χ0n) is 19.2. The maximum atomic E-state index is 13.4. The number of anilines is 2. The lowest BCUT2D eigenvalue weighted by molar-refractivity contribution is 0.282. The third-order valence-corrected chi connectivity index (χ3v) is 5.47. The molecule has 7 nitrogen and oxygen atoms in total. The number of ether oxygens (including phenoxy) is 2. The number of hydrogen-bond donors (Lipinski definition) is 2. The van der Waals surface area contributed by atoms with Gasteiger partial charge in [0.25, 0.3) is 6.02 Å². The summed E-state index contributed by atoms with van der Waals surface area (Å²) in [4.78, 5) is 12.9. The van der Waals surface area contributed by atoms with Gasteiger partial charge in [-0.1, -0.05) is 23.7 Å². The van der Waals surface area contributed by atoms with Gasteiger partial charge in [-0.15, -0.1) is 0 Å². The first-order chi connectivity index (χ1) is 17.1. The fraction of sp³-hybridized carbons (Fsp3) is 0.192. The molecule has 0 saturated heterocycles. The molecule has 0 spiro atoms. The van der Waals surface area contributed by atoms with Gasteiger partial charge in [-0.25, -0.2) is 9.38 Å². The topological polar surface area (TPSA) is 79.6 Å². The summed E-state index contributed by atoms with van der Waals surface area (Å²) in [6, 6.07) is 17.7. The summed E-state index contributed by atoms with van der Waals surface area (Å²) in [5, 5.41) is 6.88. The number of hydrogen-bond acceptors (Lipinski definition) is 6. The van der Waals surface area contributed by atoms with Crippen LogP contribution in [0.3, 0.4) is 0 Å². The Morgan fingerprint density at radius 3 is 2.74 bits per heavy atom. The molecule has 0 unspecified atom stereocenters. The van der Waals surface area contributed by atoms with E-state index in [-0.39, 0.29) is 12.4 Å². The van der Waals surface area contributed by atoms with E-state index in [2.05, 4.69) is 32.3 Å². The van der Waals surface area contributed by atoms with Gasteiger partial charge in [0, 0.05) is 37.0 Å². The molecule has 180 valence electrons. The van der Waals surface area contributed by atoms with E-state index in [1.807, 2.05) is 24.3 Å². The van der Waals surface area contributed by atoms with Crippen LogP contribution in [0.4, 0.5) is 21.5 Å². The predicted octanol–water partition coefficient (Wildman–Crippen LogP) is 6.07. The molecule has 1 aliphatic heterocycles. The minimum Gasteiger partial charge on any atom is -0.487 e. The Morgan fingerprint density at radius 1 is 1.17 bits per heavy atom. The maximum absolute atomic E-state index is 13.4. The minimum atomic E-state index is -0.310. The Balaban J connectivity index is 1.49. The molecule has 0 aromatic heterocycles. The van der Waals surface area contributed by atoms with E-state index >= 15 is 0 Å². The van der Waals surface area contributed by atoms with Crippen molar-refractivity contribution in [1.29, 1.82) is 0 Å². The van der Waals surface area contributed by atoms with Crippen LogP contribution in [0.1, 0.15) is 17.5 Å². The summed E-state index contributed by atoms with van der Waals surface area (Å²) >= 11 is 6.45. The quantitative estimate of drug-likeness (QED) is 0.309. The van der Waals surface area contributed by atoms with Gasteiger partial charge in [-0.05, 0) is 60.8 Å². The molecule has 0 radical (unpaired) electrons. The predicted molar refractivity (Wildman–Crippen MR) is 140 cm³/mol. The number of nitrogens with zero attached hydrogens (tertiary/aromatic N) is 3. The molecule has 35 heavy (non-hydrogen) atoms. The van der Waals surface area contributed by atoms with Gasteiger partial charge in [0.05, 0.1) is 17.3 Å². The van der Waals surface area contributed by atoms with E-state index in [0.717, 1.165) is 24.2 Å². The van der Waals surface area contributed by atoms with Crippen LogP contribution in [-0.4, -0.2) is 38.8 Å². The van der Waals surface area contributed by atoms with Crippen LogP contribution in [0, 0.1) is 5.82 Å². The molecule has 9 heteroatoms. The number of benzene rings is 3. The van der Waals surface area contributed by atoms with E-state index in [9.17, 15) is 4.39 Å². The molecule has 3 aromatic carbocycles. The Hall–Kier alpha value is -3.91. The molecule has 2 N–H and O–H groups in total. The fourth-order valence-electron chi connectivity index (χ4n) is 3.46. The maximum Gasteiger partial charge on any atom is 0.289 e. The standard InChI is InChI=1S/C26H25ClFN5O2/c1-29-23-9-7-19(33-26-31-11-4-12-34-26)14-21(23)25(30-2)32-20-8-10-24(22(27)15-20)35-16-17-5-3-6-18(28)13-17/h3,5-10,13-15H,1,4,11-12,16H2,2H3,(H,30,32)(H,31,33). The van der Waals surface area contributed by atoms with Crippen molar-refractivity contribution < 1.29 is 13.9 Å². The van der Waals surface area contributed by atoms with E-state index in [1.54, 1.807) is 31.3 Å². The van der Waals surface area contributed by atoms with Crippen LogP contribution in [-0.2, 0) is 11.3 Å². The smallest absolute Gasteiger partial charge is 0.289 e. The Labute approximate surface area is 208 Å². The van der Waals surface area contributed by atoms with E-state index in [1.165, 1.54) is 12.1 Å². The third kappa shape index (κ3) is 6.36. The van der Waals surface area contributed by atoms with Gasteiger partial charge in [0.2, 0.25) is 0 Å². The van der Waals surface area contributed by atoms with Crippen LogP contribution >= 0.6 is 11.6 Å². The Morgan fingerprint density at radius 2 is 2.03 bits per heavy atom. The van der Waals surface area contributed by atoms with Crippen molar-refractivity contribution in [3.63, 3.8) is 0 Å². The van der Waals surface area contributed by atoms with Crippen LogP contribution < -0.4 is 15.4 Å². The number of rotatable bonds is 7. The molecule has 0 fully saturated rings. The molecular weight excluding hydrogens is 469 g/mol. The van der Waals surface area contributed by atoms with Gasteiger partial charge in [0.15, 0.2) is 0 Å². The Bertz CT molecular complexity index is 1280. The first-order valence-electron chi connectivity index (χ1n) is 11.0. The van der Waals surface area contributed by atoms with Crippen molar-refractivity contribution in [1.82, 2.24) is 0 Å². The second kappa shape index (κ2) is 11.5. The highest BCUT2D eigenvalue weighted by Crippen LogP contribution is 2.30. The molecule has 0 saturated carbocycles. The zero-order valence-corrected chi connectivity index (χ0v) is 20.0. The SMILES string of the molecule is C=Nc1ccc(NC2=NCCCO2)cc1C(=NC)Nc1ccc(OCc2cccc(F)c2)c(Cl)c1. The molecule has 0 amide bonds. The molecule has 0 atom stereocenters. The molecule has 3 aromatic rings. The minimum absolute atomic E-state index is 0.203. The van der Waals surface area contributed by atoms with Crippen LogP contribution in [0.2, 0.25) is 5.02 Å². The highest BCUT2D eigenvalue weighted by Gasteiger charge is 2.14. The van der Waals surface area contributed by atoms with E-state index in [0.29, 0.717) is 46.2 Å². The first kappa shape index (κ1) is 24.2. The molecule has 4 rings (SSSR count). The lowest BCUT2D eigenvalue weighted by Gasteiger charge is -2.17. The van der Waals surface area contributed by atoms with Gasteiger partial charge in [-0.3, -0.25) is 9.98 Å². The summed E-state index contributed by atoms with van der Waals surface area (Å²) in [6.45, 7) is 5.24. The summed E-state index contributed by atoms with van der Waals surface area (Å²) < 4.78 is 24.7. The average Bonchev–Trinajstić information content (AvgIpc) is 2.87. The average molecular weight is 494 g/mol. The van der Waals surface area contributed by atoms with Crippen LogP contribution in [0.5, 0.6) is 5.75 Å². The van der Waals surface area contributed by atoms with Crippen LogP contribution in [0.15, 0.2) is 75.6 Å². The summed E-state index contributed by atoms with van der Waals surface area (Å²) in [5.41, 5.74) is 3.62. The van der Waals surface area contributed by atoms with Gasteiger partial charge in [-0.2, -0.15) is 0 Å². The lowest BCUT2D eigenvalue weighted by Crippen LogP contribution is -2.22. The third-order valence-electron chi connectivity index (χ3n) is 5.17. The second-order valence-electron chi connectivity index (χ2n) is 7.66. The molecule has 0 aliphatic carbocycles. The Kier molecular flexibility index (Phi) is 7.95. The summed E-state index contributed by atoms with van der Waals surface area (Å²) in [6.07, 6.45) is 0.906. The number of aliphatic imine (C=N–C) groups is 3. The number of halogens is 2.